The highest BCUT2D eigenvalue weighted by Gasteiger charge is 2.23. The maximum Gasteiger partial charge on any atom is 0.269 e. The quantitative estimate of drug-likeness (QED) is 0.663. The second kappa shape index (κ2) is 2.87. The molecular formula is C9H13N3O. The Balaban J connectivity index is 2.41. The van der Waals surface area contributed by atoms with E-state index in [-0.39, 0.29) is 0 Å². The normalized spacial score (nSPS) is 21.2. The topological polar surface area (TPSA) is 71.8 Å². The second-order valence-corrected chi connectivity index (χ2v) is 3.74. The van der Waals surface area contributed by atoms with Gasteiger partial charge in [0.15, 0.2) is 5.69 Å². The number of rotatable bonds is 1. The molecule has 1 aromatic heterocycles. The van der Waals surface area contributed by atoms with E-state index < -0.39 is 5.91 Å². The Morgan fingerprint density at radius 1 is 1.69 bits per heavy atom. The van der Waals surface area contributed by atoms with E-state index in [1.54, 1.807) is 0 Å². The molecule has 3 N–H and O–H groups in total. The van der Waals surface area contributed by atoms with E-state index in [0.717, 1.165) is 30.5 Å². The molecule has 0 saturated heterocycles. The molecule has 4 nitrogen and oxygen atoms in total. The Labute approximate surface area is 76.5 Å². The van der Waals surface area contributed by atoms with E-state index in [1.807, 2.05) is 0 Å². The summed E-state index contributed by atoms with van der Waals surface area (Å²) in [6.07, 6.45) is 3.06. The molecule has 0 spiro atoms. The van der Waals surface area contributed by atoms with Gasteiger partial charge in [-0.25, -0.2) is 0 Å². The maximum atomic E-state index is 11.0. The monoisotopic (exact) mass is 179 g/mol. The number of aromatic amines is 1. The van der Waals surface area contributed by atoms with Gasteiger partial charge in [0, 0.05) is 11.3 Å². The Morgan fingerprint density at radius 2 is 2.46 bits per heavy atom. The predicted molar refractivity (Wildman–Crippen MR) is 48.3 cm³/mol. The lowest BCUT2D eigenvalue weighted by molar-refractivity contribution is 0.0994. The van der Waals surface area contributed by atoms with Gasteiger partial charge in [0.25, 0.3) is 5.91 Å². The summed E-state index contributed by atoms with van der Waals surface area (Å²) in [5, 5.41) is 6.81. The van der Waals surface area contributed by atoms with Crippen LogP contribution in [0.3, 0.4) is 0 Å². The third-order valence-electron chi connectivity index (χ3n) is 2.63. The Morgan fingerprint density at radius 3 is 3.15 bits per heavy atom. The summed E-state index contributed by atoms with van der Waals surface area (Å²) < 4.78 is 0. The number of H-pyrrole nitrogens is 1. The Hall–Kier alpha value is -1.32. The second-order valence-electron chi connectivity index (χ2n) is 3.74. The minimum atomic E-state index is -0.424. The van der Waals surface area contributed by atoms with Crippen LogP contribution in [-0.2, 0) is 12.8 Å². The number of hydrogen-bond acceptors (Lipinski definition) is 2. The van der Waals surface area contributed by atoms with Crippen molar-refractivity contribution in [2.45, 2.75) is 26.2 Å². The molecule has 1 aliphatic carbocycles. The van der Waals surface area contributed by atoms with E-state index in [0.29, 0.717) is 11.6 Å². The summed E-state index contributed by atoms with van der Waals surface area (Å²) in [5.74, 6) is 0.204. The summed E-state index contributed by atoms with van der Waals surface area (Å²) >= 11 is 0. The van der Waals surface area contributed by atoms with Gasteiger partial charge >= 0.3 is 0 Å². The molecule has 70 valence electrons. The first-order valence-corrected chi connectivity index (χ1v) is 4.54. The van der Waals surface area contributed by atoms with Gasteiger partial charge in [0.2, 0.25) is 0 Å². The number of fused-ring (bicyclic) bond motifs is 1. The van der Waals surface area contributed by atoms with E-state index in [9.17, 15) is 4.79 Å². The van der Waals surface area contributed by atoms with Crippen LogP contribution in [0.15, 0.2) is 0 Å². The zero-order chi connectivity index (χ0) is 9.42. The third-order valence-corrected chi connectivity index (χ3v) is 2.63. The number of nitrogens with two attached hydrogens (primary N) is 1. The van der Waals surface area contributed by atoms with Gasteiger partial charge < -0.3 is 5.73 Å². The van der Waals surface area contributed by atoms with Crippen LogP contribution in [-0.4, -0.2) is 16.1 Å². The number of nitrogens with zero attached hydrogens (tertiary/aromatic N) is 1. The van der Waals surface area contributed by atoms with Crippen molar-refractivity contribution in [2.24, 2.45) is 11.7 Å². The van der Waals surface area contributed by atoms with Crippen LogP contribution in [0.4, 0.5) is 0 Å². The summed E-state index contributed by atoms with van der Waals surface area (Å²) in [7, 11) is 0. The highest BCUT2D eigenvalue weighted by atomic mass is 16.1. The van der Waals surface area contributed by atoms with Gasteiger partial charge in [-0.2, -0.15) is 5.10 Å². The molecule has 13 heavy (non-hydrogen) atoms. The van der Waals surface area contributed by atoms with Crippen LogP contribution >= 0.6 is 0 Å². The van der Waals surface area contributed by atoms with E-state index in [1.165, 1.54) is 0 Å². The molecule has 4 heteroatoms. The van der Waals surface area contributed by atoms with E-state index in [2.05, 4.69) is 17.1 Å². The average Bonchev–Trinajstić information content (AvgIpc) is 2.46. The Bertz CT molecular complexity index is 343. The molecule has 1 amide bonds. The molecule has 0 fully saturated rings. The number of aryl methyl sites for hydroxylation is 1. The average molecular weight is 179 g/mol. The number of carbonyl (C=O) groups excluding carboxylic acids is 1. The van der Waals surface area contributed by atoms with Crippen molar-refractivity contribution in [1.29, 1.82) is 0 Å². The Kier molecular flexibility index (Phi) is 1.83. The van der Waals surface area contributed by atoms with Gasteiger partial charge in [-0.1, -0.05) is 6.92 Å². The van der Waals surface area contributed by atoms with Crippen molar-refractivity contribution in [2.75, 3.05) is 0 Å². The number of hydrogen-bond donors (Lipinski definition) is 2. The fourth-order valence-electron chi connectivity index (χ4n) is 1.87. The van der Waals surface area contributed by atoms with Crippen molar-refractivity contribution in [3.05, 3.63) is 17.0 Å². The maximum absolute atomic E-state index is 11.0. The zero-order valence-electron chi connectivity index (χ0n) is 7.63. The number of amides is 1. The highest BCUT2D eigenvalue weighted by molar-refractivity contribution is 5.92. The van der Waals surface area contributed by atoms with Crippen molar-refractivity contribution >= 4 is 5.91 Å². The van der Waals surface area contributed by atoms with Gasteiger partial charge in [-0.05, 0) is 25.2 Å². The lowest BCUT2D eigenvalue weighted by Crippen LogP contribution is -2.17. The fraction of sp³-hybridized carbons (Fsp3) is 0.556. The van der Waals surface area contributed by atoms with Gasteiger partial charge in [-0.15, -0.1) is 0 Å². The molecule has 1 atom stereocenters. The molecule has 0 radical (unpaired) electrons. The van der Waals surface area contributed by atoms with Crippen LogP contribution in [0.1, 0.15) is 35.1 Å². The molecule has 1 aliphatic rings. The summed E-state index contributed by atoms with van der Waals surface area (Å²) in [5.41, 5.74) is 7.76. The van der Waals surface area contributed by atoms with Crippen LogP contribution in [0.5, 0.6) is 0 Å². The third kappa shape index (κ3) is 1.32. The number of nitrogens with one attached hydrogen (secondary N) is 1. The highest BCUT2D eigenvalue weighted by Crippen LogP contribution is 2.25. The lowest BCUT2D eigenvalue weighted by Gasteiger charge is -2.17. The number of carbonyl (C=O) groups is 1. The van der Waals surface area contributed by atoms with Gasteiger partial charge in [0.05, 0.1) is 0 Å². The van der Waals surface area contributed by atoms with E-state index >= 15 is 0 Å². The molecule has 0 aliphatic heterocycles. The number of aromatic nitrogens is 2. The molecule has 1 aromatic rings. The molecule has 1 heterocycles. The van der Waals surface area contributed by atoms with E-state index in [4.69, 9.17) is 5.73 Å². The van der Waals surface area contributed by atoms with Crippen molar-refractivity contribution < 1.29 is 4.79 Å². The van der Waals surface area contributed by atoms with Crippen molar-refractivity contribution in [3.63, 3.8) is 0 Å². The first-order chi connectivity index (χ1) is 6.18. The summed E-state index contributed by atoms with van der Waals surface area (Å²) in [4.78, 5) is 11.0. The first-order valence-electron chi connectivity index (χ1n) is 4.54. The number of primary amides is 1. The molecule has 0 aromatic carbocycles. The zero-order valence-corrected chi connectivity index (χ0v) is 7.63. The molecule has 0 unspecified atom stereocenters. The standard InChI is InChI=1S/C9H13N3O/c1-5-2-3-7-6(4-5)8(9(10)13)12-11-7/h5H,2-4H2,1H3,(H2,10,13)(H,11,12)/t5-/m0/s1. The molecule has 0 saturated carbocycles. The smallest absolute Gasteiger partial charge is 0.269 e. The summed E-state index contributed by atoms with van der Waals surface area (Å²) in [6.45, 7) is 2.18. The largest absolute Gasteiger partial charge is 0.364 e. The minimum Gasteiger partial charge on any atom is -0.364 e. The summed E-state index contributed by atoms with van der Waals surface area (Å²) in [6, 6.07) is 0. The first kappa shape index (κ1) is 8.29. The minimum absolute atomic E-state index is 0.424. The van der Waals surface area contributed by atoms with Crippen LogP contribution in [0.25, 0.3) is 0 Å². The fourth-order valence-corrected chi connectivity index (χ4v) is 1.87. The van der Waals surface area contributed by atoms with Crippen molar-refractivity contribution in [1.82, 2.24) is 10.2 Å². The van der Waals surface area contributed by atoms with Crippen LogP contribution < -0.4 is 5.73 Å². The van der Waals surface area contributed by atoms with Crippen LogP contribution in [0.2, 0.25) is 0 Å². The SMILES string of the molecule is C[C@H]1CCc2[nH]nc(C(N)=O)c2C1. The molecule has 2 rings (SSSR count). The predicted octanol–water partition coefficient (Wildman–Crippen LogP) is 0.633. The molecular weight excluding hydrogens is 166 g/mol. The van der Waals surface area contributed by atoms with Crippen LogP contribution in [0, 0.1) is 5.92 Å². The van der Waals surface area contributed by atoms with Gasteiger partial charge in [0.1, 0.15) is 0 Å². The lowest BCUT2D eigenvalue weighted by atomic mass is 9.88. The van der Waals surface area contributed by atoms with Crippen molar-refractivity contribution in [3.8, 4) is 0 Å². The van der Waals surface area contributed by atoms with Gasteiger partial charge in [-0.3, -0.25) is 9.89 Å². The molecule has 0 bridgehead atoms.